The summed E-state index contributed by atoms with van der Waals surface area (Å²) < 4.78 is 66.6. The van der Waals surface area contributed by atoms with Crippen LogP contribution in [0.5, 0.6) is 5.75 Å². The summed E-state index contributed by atoms with van der Waals surface area (Å²) in [6, 6.07) is 1.19. The molecule has 0 radical (unpaired) electrons. The van der Waals surface area contributed by atoms with E-state index >= 15 is 0 Å². The van der Waals surface area contributed by atoms with Gasteiger partial charge in [-0.15, -0.1) is 0 Å². The fourth-order valence-electron chi connectivity index (χ4n) is 1.58. The van der Waals surface area contributed by atoms with Crippen molar-refractivity contribution in [3.8, 4) is 16.9 Å². The zero-order chi connectivity index (χ0) is 14.3. The lowest BCUT2D eigenvalue weighted by atomic mass is 10.0. The molecule has 0 unspecified atom stereocenters. The second-order valence-corrected chi connectivity index (χ2v) is 3.73. The van der Waals surface area contributed by atoms with Crippen molar-refractivity contribution < 1.29 is 27.1 Å². The molecule has 0 aliphatic rings. The van der Waals surface area contributed by atoms with Crippen molar-refractivity contribution in [2.75, 3.05) is 5.73 Å². The van der Waals surface area contributed by atoms with Gasteiger partial charge in [0.05, 0.1) is 11.3 Å². The number of halogens is 5. The Morgan fingerprint density at radius 2 is 1.32 bits per heavy atom. The molecule has 0 saturated heterocycles. The molecule has 2 rings (SSSR count). The third kappa shape index (κ3) is 2.07. The van der Waals surface area contributed by atoms with Gasteiger partial charge in [0.2, 0.25) is 0 Å². The first-order valence-corrected chi connectivity index (χ1v) is 4.94. The van der Waals surface area contributed by atoms with Gasteiger partial charge in [-0.25, -0.2) is 22.0 Å². The van der Waals surface area contributed by atoms with Crippen molar-refractivity contribution in [3.63, 3.8) is 0 Å². The predicted octanol–water partition coefficient (Wildman–Crippen LogP) is 3.34. The quantitative estimate of drug-likeness (QED) is 0.363. The SMILES string of the molecule is Nc1cc(-c2c(F)c(F)cc(F)c2F)c(F)cc1O. The lowest BCUT2D eigenvalue weighted by Gasteiger charge is -2.10. The molecule has 0 saturated carbocycles. The number of nitrogens with two attached hydrogens (primary N) is 1. The number of benzene rings is 2. The highest BCUT2D eigenvalue weighted by Crippen LogP contribution is 2.35. The topological polar surface area (TPSA) is 46.2 Å². The Morgan fingerprint density at radius 1 is 0.789 bits per heavy atom. The van der Waals surface area contributed by atoms with Crippen LogP contribution < -0.4 is 5.73 Å². The Labute approximate surface area is 103 Å². The van der Waals surface area contributed by atoms with E-state index in [2.05, 4.69) is 0 Å². The van der Waals surface area contributed by atoms with Crippen LogP contribution in [0.2, 0.25) is 0 Å². The largest absolute Gasteiger partial charge is 0.506 e. The van der Waals surface area contributed by atoms with Gasteiger partial charge in [0, 0.05) is 17.7 Å². The molecule has 0 bridgehead atoms. The maximum Gasteiger partial charge on any atom is 0.169 e. The molecule has 3 N–H and O–H groups in total. The van der Waals surface area contributed by atoms with E-state index in [0.717, 1.165) is 0 Å². The molecule has 2 aromatic carbocycles. The van der Waals surface area contributed by atoms with E-state index in [0.29, 0.717) is 12.1 Å². The monoisotopic (exact) mass is 275 g/mol. The summed E-state index contributed by atoms with van der Waals surface area (Å²) in [5.41, 5.74) is 2.86. The average molecular weight is 275 g/mol. The average Bonchev–Trinajstić information content (AvgIpc) is 2.33. The molecule has 100 valence electrons. The van der Waals surface area contributed by atoms with E-state index in [1.807, 2.05) is 0 Å². The van der Waals surface area contributed by atoms with Crippen LogP contribution in [0.15, 0.2) is 18.2 Å². The summed E-state index contributed by atoms with van der Waals surface area (Å²) in [5.74, 6) is -8.75. The minimum Gasteiger partial charge on any atom is -0.506 e. The van der Waals surface area contributed by atoms with Crippen LogP contribution in [0.1, 0.15) is 0 Å². The summed E-state index contributed by atoms with van der Waals surface area (Å²) in [4.78, 5) is 0. The first kappa shape index (κ1) is 13.1. The van der Waals surface area contributed by atoms with Crippen LogP contribution in [0.25, 0.3) is 11.1 Å². The van der Waals surface area contributed by atoms with E-state index in [1.165, 1.54) is 0 Å². The summed E-state index contributed by atoms with van der Waals surface area (Å²) in [7, 11) is 0. The second kappa shape index (κ2) is 4.42. The third-order valence-corrected chi connectivity index (χ3v) is 2.50. The number of hydrogen-bond acceptors (Lipinski definition) is 2. The van der Waals surface area contributed by atoms with E-state index in [1.54, 1.807) is 0 Å². The summed E-state index contributed by atoms with van der Waals surface area (Å²) in [5, 5.41) is 9.12. The molecule has 0 heterocycles. The van der Waals surface area contributed by atoms with Crippen LogP contribution in [0, 0.1) is 29.1 Å². The lowest BCUT2D eigenvalue weighted by Crippen LogP contribution is -2.01. The molecule has 0 aliphatic carbocycles. The normalized spacial score (nSPS) is 10.8. The molecule has 0 aliphatic heterocycles. The zero-order valence-corrected chi connectivity index (χ0v) is 9.15. The molecule has 0 aromatic heterocycles. The second-order valence-electron chi connectivity index (χ2n) is 3.73. The number of hydrogen-bond donors (Lipinski definition) is 2. The van der Waals surface area contributed by atoms with E-state index in [4.69, 9.17) is 10.8 Å². The fourth-order valence-corrected chi connectivity index (χ4v) is 1.58. The number of nitrogen functional groups attached to an aromatic ring is 1. The number of rotatable bonds is 1. The highest BCUT2D eigenvalue weighted by Gasteiger charge is 2.23. The molecule has 0 amide bonds. The fraction of sp³-hybridized carbons (Fsp3) is 0. The van der Waals surface area contributed by atoms with Gasteiger partial charge in [-0.2, -0.15) is 0 Å². The van der Waals surface area contributed by atoms with Crippen LogP contribution in [0.3, 0.4) is 0 Å². The molecule has 0 atom stereocenters. The molecule has 0 spiro atoms. The molecule has 0 fully saturated rings. The Kier molecular flexibility index (Phi) is 3.05. The maximum absolute atomic E-state index is 13.5. The van der Waals surface area contributed by atoms with Crippen LogP contribution >= 0.6 is 0 Å². The molecule has 2 nitrogen and oxygen atoms in total. The van der Waals surface area contributed by atoms with Gasteiger partial charge in [-0.3, -0.25) is 0 Å². The highest BCUT2D eigenvalue weighted by atomic mass is 19.2. The lowest BCUT2D eigenvalue weighted by molar-refractivity contribution is 0.456. The van der Waals surface area contributed by atoms with Crippen molar-refractivity contribution in [1.29, 1.82) is 0 Å². The van der Waals surface area contributed by atoms with Crippen molar-refractivity contribution in [1.82, 2.24) is 0 Å². The smallest absolute Gasteiger partial charge is 0.169 e. The maximum atomic E-state index is 13.5. The number of phenols is 1. The molecular weight excluding hydrogens is 269 g/mol. The Balaban J connectivity index is 2.83. The van der Waals surface area contributed by atoms with Gasteiger partial charge in [-0.05, 0) is 6.07 Å². The Morgan fingerprint density at radius 3 is 1.84 bits per heavy atom. The van der Waals surface area contributed by atoms with E-state index in [9.17, 15) is 22.0 Å². The van der Waals surface area contributed by atoms with Crippen LogP contribution in [0.4, 0.5) is 27.6 Å². The van der Waals surface area contributed by atoms with E-state index in [-0.39, 0.29) is 11.8 Å². The first-order chi connectivity index (χ1) is 8.82. The summed E-state index contributed by atoms with van der Waals surface area (Å²) >= 11 is 0. The summed E-state index contributed by atoms with van der Waals surface area (Å²) in [6.07, 6.45) is 0. The van der Waals surface area contributed by atoms with Gasteiger partial charge in [0.25, 0.3) is 0 Å². The van der Waals surface area contributed by atoms with Gasteiger partial charge in [0.15, 0.2) is 23.3 Å². The van der Waals surface area contributed by atoms with Crippen LogP contribution in [-0.2, 0) is 0 Å². The first-order valence-electron chi connectivity index (χ1n) is 4.94. The van der Waals surface area contributed by atoms with Gasteiger partial charge in [0.1, 0.15) is 11.6 Å². The van der Waals surface area contributed by atoms with Gasteiger partial charge in [-0.1, -0.05) is 0 Å². The standard InChI is InChI=1S/C12H6F5NO/c13-5-3-9(19)8(18)1-4(5)10-11(16)6(14)2-7(15)12(10)17/h1-3,19H,18H2. The molecule has 19 heavy (non-hydrogen) atoms. The van der Waals surface area contributed by atoms with Crippen molar-refractivity contribution in [2.24, 2.45) is 0 Å². The molecular formula is C12H6F5NO. The minimum atomic E-state index is -1.75. The van der Waals surface area contributed by atoms with E-state index < -0.39 is 46.0 Å². The molecule has 7 heteroatoms. The highest BCUT2D eigenvalue weighted by molar-refractivity contribution is 5.72. The molecule has 2 aromatic rings. The number of anilines is 1. The summed E-state index contributed by atoms with van der Waals surface area (Å²) in [6.45, 7) is 0. The number of phenolic OH excluding ortho intramolecular Hbond substituents is 1. The predicted molar refractivity (Wildman–Crippen MR) is 57.7 cm³/mol. The van der Waals surface area contributed by atoms with Crippen molar-refractivity contribution in [3.05, 3.63) is 47.3 Å². The van der Waals surface area contributed by atoms with Crippen LogP contribution in [-0.4, -0.2) is 5.11 Å². The van der Waals surface area contributed by atoms with Gasteiger partial charge < -0.3 is 10.8 Å². The zero-order valence-electron chi connectivity index (χ0n) is 9.15. The minimum absolute atomic E-state index is 0.00976. The van der Waals surface area contributed by atoms with Gasteiger partial charge >= 0.3 is 0 Å². The Hall–Kier alpha value is -2.31. The third-order valence-electron chi connectivity index (χ3n) is 2.50. The van der Waals surface area contributed by atoms with Crippen molar-refractivity contribution in [2.45, 2.75) is 0 Å². The Bertz CT molecular complexity index is 646. The van der Waals surface area contributed by atoms with Crippen molar-refractivity contribution >= 4 is 5.69 Å². The number of aromatic hydroxyl groups is 1.